The monoisotopic (exact) mass is 273 g/mol. The van der Waals surface area contributed by atoms with E-state index in [0.29, 0.717) is 12.2 Å². The third-order valence-corrected chi connectivity index (χ3v) is 3.51. The van der Waals surface area contributed by atoms with E-state index in [1.807, 2.05) is 17.0 Å². The van der Waals surface area contributed by atoms with Crippen LogP contribution in [0.2, 0.25) is 0 Å². The second kappa shape index (κ2) is 5.54. The van der Waals surface area contributed by atoms with Crippen molar-refractivity contribution in [1.82, 2.24) is 10.2 Å². The first kappa shape index (κ1) is 13.0. The van der Waals surface area contributed by atoms with Crippen molar-refractivity contribution in [3.05, 3.63) is 42.2 Å². The summed E-state index contributed by atoms with van der Waals surface area (Å²) in [6.45, 7) is 1.49. The van der Waals surface area contributed by atoms with Gasteiger partial charge in [-0.25, -0.2) is 4.39 Å². The molecule has 1 saturated heterocycles. The van der Waals surface area contributed by atoms with Gasteiger partial charge in [-0.1, -0.05) is 0 Å². The quantitative estimate of drug-likeness (QED) is 0.911. The summed E-state index contributed by atoms with van der Waals surface area (Å²) in [6.07, 6.45) is 1.52. The van der Waals surface area contributed by atoms with Gasteiger partial charge in [0.25, 0.3) is 0 Å². The number of hydrogen-bond acceptors (Lipinski definition) is 4. The number of aliphatic hydroxyl groups excluding tert-OH is 1. The van der Waals surface area contributed by atoms with Crippen molar-refractivity contribution in [3.63, 3.8) is 0 Å². The summed E-state index contributed by atoms with van der Waals surface area (Å²) in [5.74, 6) is 0.509. The van der Waals surface area contributed by atoms with Gasteiger partial charge in [-0.05, 0) is 49.2 Å². The molecule has 2 heterocycles. The molecule has 0 aliphatic carbocycles. The van der Waals surface area contributed by atoms with Crippen molar-refractivity contribution in [1.29, 1.82) is 0 Å². The second-order valence-electron chi connectivity index (χ2n) is 5.03. The summed E-state index contributed by atoms with van der Waals surface area (Å²) in [5, 5.41) is 18.1. The molecule has 1 N–H and O–H groups in total. The van der Waals surface area contributed by atoms with E-state index in [1.165, 1.54) is 12.1 Å². The van der Waals surface area contributed by atoms with Gasteiger partial charge in [0, 0.05) is 18.7 Å². The van der Waals surface area contributed by atoms with Gasteiger partial charge in [-0.3, -0.25) is 0 Å². The molecule has 0 spiro atoms. The molecule has 2 aromatic rings. The molecule has 1 atom stereocenters. The Morgan fingerprint density at radius 2 is 1.90 bits per heavy atom. The van der Waals surface area contributed by atoms with Crippen LogP contribution in [-0.2, 0) is 0 Å². The number of anilines is 1. The molecule has 1 aliphatic heterocycles. The molecule has 20 heavy (non-hydrogen) atoms. The number of piperidine rings is 1. The maximum Gasteiger partial charge on any atom is 0.151 e. The molecule has 1 aromatic heterocycles. The first-order valence-corrected chi connectivity index (χ1v) is 6.75. The number of benzene rings is 1. The normalized spacial score (nSPS) is 19.1. The zero-order chi connectivity index (χ0) is 13.9. The summed E-state index contributed by atoms with van der Waals surface area (Å²) in [7, 11) is 0. The predicted octanol–water partition coefficient (Wildman–Crippen LogP) is 2.24. The highest BCUT2D eigenvalue weighted by Crippen LogP contribution is 2.21. The van der Waals surface area contributed by atoms with Gasteiger partial charge >= 0.3 is 0 Å². The van der Waals surface area contributed by atoms with E-state index in [0.717, 1.165) is 30.8 Å². The molecule has 3 rings (SSSR count). The SMILES string of the molecule is OC1CCCN(c2ccc(-c3ccc(F)cc3)nn2)C1. The maximum atomic E-state index is 12.9. The molecule has 0 bridgehead atoms. The molecule has 0 amide bonds. The van der Waals surface area contributed by atoms with Gasteiger partial charge in [0.1, 0.15) is 5.82 Å². The molecule has 4 nitrogen and oxygen atoms in total. The molecular weight excluding hydrogens is 257 g/mol. The van der Waals surface area contributed by atoms with Crippen molar-refractivity contribution in [2.75, 3.05) is 18.0 Å². The highest BCUT2D eigenvalue weighted by atomic mass is 19.1. The molecule has 0 radical (unpaired) electrons. The average Bonchev–Trinajstić information content (AvgIpc) is 2.48. The Bertz CT molecular complexity index is 571. The van der Waals surface area contributed by atoms with Crippen LogP contribution in [0, 0.1) is 5.82 Å². The van der Waals surface area contributed by atoms with E-state index < -0.39 is 0 Å². The summed E-state index contributed by atoms with van der Waals surface area (Å²) in [6, 6.07) is 9.95. The van der Waals surface area contributed by atoms with Crippen LogP contribution < -0.4 is 4.90 Å². The summed E-state index contributed by atoms with van der Waals surface area (Å²) < 4.78 is 12.9. The third kappa shape index (κ3) is 2.77. The lowest BCUT2D eigenvalue weighted by Gasteiger charge is -2.30. The van der Waals surface area contributed by atoms with Crippen LogP contribution in [0.5, 0.6) is 0 Å². The van der Waals surface area contributed by atoms with Crippen LogP contribution in [0.3, 0.4) is 0 Å². The molecule has 1 aliphatic rings. The molecule has 1 unspecified atom stereocenters. The van der Waals surface area contributed by atoms with Crippen LogP contribution in [0.4, 0.5) is 10.2 Å². The van der Waals surface area contributed by atoms with E-state index in [4.69, 9.17) is 0 Å². The Balaban J connectivity index is 1.78. The average molecular weight is 273 g/mol. The predicted molar refractivity (Wildman–Crippen MR) is 74.9 cm³/mol. The topological polar surface area (TPSA) is 49.2 Å². The van der Waals surface area contributed by atoms with E-state index >= 15 is 0 Å². The summed E-state index contributed by atoms with van der Waals surface area (Å²) >= 11 is 0. The first-order chi connectivity index (χ1) is 9.72. The molecule has 1 aromatic carbocycles. The molecule has 1 fully saturated rings. The van der Waals surface area contributed by atoms with E-state index in [-0.39, 0.29) is 11.9 Å². The lowest BCUT2D eigenvalue weighted by atomic mass is 10.1. The number of aromatic nitrogens is 2. The third-order valence-electron chi connectivity index (χ3n) is 3.51. The minimum atomic E-state index is -0.290. The summed E-state index contributed by atoms with van der Waals surface area (Å²) in [4.78, 5) is 2.04. The van der Waals surface area contributed by atoms with Gasteiger partial charge in [0.15, 0.2) is 5.82 Å². The Morgan fingerprint density at radius 1 is 1.10 bits per heavy atom. The van der Waals surface area contributed by atoms with Gasteiger partial charge < -0.3 is 10.0 Å². The van der Waals surface area contributed by atoms with Crippen molar-refractivity contribution >= 4 is 5.82 Å². The van der Waals surface area contributed by atoms with Crippen LogP contribution in [-0.4, -0.2) is 34.5 Å². The Hall–Kier alpha value is -2.01. The molecular formula is C15H16FN3O. The van der Waals surface area contributed by atoms with Crippen LogP contribution >= 0.6 is 0 Å². The second-order valence-corrected chi connectivity index (χ2v) is 5.03. The Morgan fingerprint density at radius 3 is 2.55 bits per heavy atom. The number of halogens is 1. The van der Waals surface area contributed by atoms with E-state index in [2.05, 4.69) is 10.2 Å². The van der Waals surface area contributed by atoms with Crippen LogP contribution in [0.15, 0.2) is 36.4 Å². The number of β-amino-alcohol motifs (C(OH)–C–C–N with tert-alkyl or cyclic N) is 1. The van der Waals surface area contributed by atoms with Crippen LogP contribution in [0.25, 0.3) is 11.3 Å². The van der Waals surface area contributed by atoms with Crippen molar-refractivity contribution in [2.24, 2.45) is 0 Å². The Kier molecular flexibility index (Phi) is 3.60. The van der Waals surface area contributed by atoms with E-state index in [9.17, 15) is 9.50 Å². The zero-order valence-corrected chi connectivity index (χ0v) is 11.0. The minimum Gasteiger partial charge on any atom is -0.391 e. The van der Waals surface area contributed by atoms with Crippen molar-refractivity contribution in [2.45, 2.75) is 18.9 Å². The number of nitrogens with zero attached hydrogens (tertiary/aromatic N) is 3. The van der Waals surface area contributed by atoms with Crippen molar-refractivity contribution in [3.8, 4) is 11.3 Å². The zero-order valence-electron chi connectivity index (χ0n) is 11.0. The highest BCUT2D eigenvalue weighted by molar-refractivity contribution is 5.59. The number of hydrogen-bond donors (Lipinski definition) is 1. The van der Waals surface area contributed by atoms with Crippen LogP contribution in [0.1, 0.15) is 12.8 Å². The largest absolute Gasteiger partial charge is 0.391 e. The van der Waals surface area contributed by atoms with Gasteiger partial charge in [0.2, 0.25) is 0 Å². The lowest BCUT2D eigenvalue weighted by Crippen LogP contribution is -2.38. The van der Waals surface area contributed by atoms with Gasteiger partial charge in [-0.2, -0.15) is 0 Å². The number of aliphatic hydroxyl groups is 1. The summed E-state index contributed by atoms with van der Waals surface area (Å²) in [5.41, 5.74) is 1.55. The Labute approximate surface area is 116 Å². The van der Waals surface area contributed by atoms with Gasteiger partial charge in [-0.15, -0.1) is 10.2 Å². The number of rotatable bonds is 2. The molecule has 5 heteroatoms. The smallest absolute Gasteiger partial charge is 0.151 e. The molecule has 104 valence electrons. The fourth-order valence-corrected chi connectivity index (χ4v) is 2.43. The lowest BCUT2D eigenvalue weighted by molar-refractivity contribution is 0.154. The van der Waals surface area contributed by atoms with Crippen molar-refractivity contribution < 1.29 is 9.50 Å². The fraction of sp³-hybridized carbons (Fsp3) is 0.333. The van der Waals surface area contributed by atoms with Gasteiger partial charge in [0.05, 0.1) is 11.8 Å². The first-order valence-electron chi connectivity index (χ1n) is 6.75. The van der Waals surface area contributed by atoms with E-state index in [1.54, 1.807) is 12.1 Å². The highest BCUT2D eigenvalue weighted by Gasteiger charge is 2.19. The molecule has 0 saturated carbocycles. The minimum absolute atomic E-state index is 0.263. The fourth-order valence-electron chi connectivity index (χ4n) is 2.43. The standard InChI is InChI=1S/C15H16FN3O/c16-12-5-3-11(4-6-12)14-7-8-15(18-17-14)19-9-1-2-13(20)10-19/h3-8,13,20H,1-2,9-10H2. The maximum absolute atomic E-state index is 12.9.